The Labute approximate surface area is 96.1 Å². The van der Waals surface area contributed by atoms with Gasteiger partial charge in [0.25, 0.3) is 0 Å². The van der Waals surface area contributed by atoms with Gasteiger partial charge in [-0.2, -0.15) is 0 Å². The molecule has 0 bridgehead atoms. The maximum Gasteiger partial charge on any atom is 0.152 e. The largest absolute Gasteiger partial charge is 0.611 e. The molecule has 0 aliphatic heterocycles. The smallest absolute Gasteiger partial charge is 0.152 e. The first-order valence-corrected chi connectivity index (χ1v) is 7.07. The molecule has 1 atom stereocenters. The number of aryl methyl sites for hydroxylation is 1. The monoisotopic (exact) mass is 224 g/mol. The van der Waals surface area contributed by atoms with Gasteiger partial charge in [-0.25, -0.2) is 0 Å². The lowest BCUT2D eigenvalue weighted by Gasteiger charge is -2.10. The van der Waals surface area contributed by atoms with E-state index in [-0.39, 0.29) is 0 Å². The molecule has 0 aliphatic carbocycles. The molecule has 0 saturated carbocycles. The number of hydrogen-bond acceptors (Lipinski definition) is 1. The maximum absolute atomic E-state index is 11.9. The fourth-order valence-electron chi connectivity index (χ4n) is 1.52. The van der Waals surface area contributed by atoms with Gasteiger partial charge in [-0.1, -0.05) is 38.8 Å². The summed E-state index contributed by atoms with van der Waals surface area (Å²) in [7, 11) is 0. The van der Waals surface area contributed by atoms with E-state index in [0.717, 1.165) is 36.3 Å². The second-order valence-electron chi connectivity index (χ2n) is 3.80. The van der Waals surface area contributed by atoms with Gasteiger partial charge in [0.05, 0.1) is 0 Å². The van der Waals surface area contributed by atoms with E-state index < -0.39 is 11.2 Å². The van der Waals surface area contributed by atoms with Crippen LogP contribution < -0.4 is 0 Å². The summed E-state index contributed by atoms with van der Waals surface area (Å²) in [5.74, 6) is 0.798. The predicted octanol–water partition coefficient (Wildman–Crippen LogP) is 3.55. The molecular formula is C13H20OS. The van der Waals surface area contributed by atoms with Crippen LogP contribution in [0.2, 0.25) is 0 Å². The summed E-state index contributed by atoms with van der Waals surface area (Å²) >= 11 is -0.797. The third kappa shape index (κ3) is 4.27. The Morgan fingerprint density at radius 1 is 1.20 bits per heavy atom. The normalized spacial score (nSPS) is 12.7. The average molecular weight is 224 g/mol. The number of hydrogen-bond donors (Lipinski definition) is 0. The van der Waals surface area contributed by atoms with Crippen LogP contribution in [0.3, 0.4) is 0 Å². The number of unbranched alkanes of at least 4 members (excludes halogenated alkanes) is 1. The van der Waals surface area contributed by atoms with Gasteiger partial charge in [0.1, 0.15) is 5.75 Å². The number of rotatable bonds is 6. The minimum Gasteiger partial charge on any atom is -0.611 e. The van der Waals surface area contributed by atoms with Crippen molar-refractivity contribution in [3.63, 3.8) is 0 Å². The highest BCUT2D eigenvalue weighted by Crippen LogP contribution is 2.15. The molecule has 1 aromatic carbocycles. The van der Waals surface area contributed by atoms with Crippen molar-refractivity contribution in [1.29, 1.82) is 0 Å². The van der Waals surface area contributed by atoms with Crippen LogP contribution in [0.15, 0.2) is 29.2 Å². The lowest BCUT2D eigenvalue weighted by Crippen LogP contribution is -2.06. The van der Waals surface area contributed by atoms with Gasteiger partial charge in [-0.05, 0) is 41.7 Å². The molecule has 0 aliphatic rings. The zero-order valence-electron chi connectivity index (χ0n) is 9.66. The Morgan fingerprint density at radius 2 is 2.00 bits per heavy atom. The van der Waals surface area contributed by atoms with Crippen LogP contribution in [-0.2, 0) is 17.6 Å². The van der Waals surface area contributed by atoms with Gasteiger partial charge in [0.15, 0.2) is 4.90 Å². The molecule has 84 valence electrons. The zero-order valence-corrected chi connectivity index (χ0v) is 10.5. The van der Waals surface area contributed by atoms with Crippen LogP contribution in [0, 0.1) is 0 Å². The van der Waals surface area contributed by atoms with Gasteiger partial charge in [0.2, 0.25) is 0 Å². The summed E-state index contributed by atoms with van der Waals surface area (Å²) in [4.78, 5) is 0.995. The van der Waals surface area contributed by atoms with E-state index in [1.165, 1.54) is 5.56 Å². The third-order valence-corrected chi connectivity index (χ3v) is 3.82. The SMILES string of the molecule is CCCC[S+]([O-])c1cccc(CCC)c1. The summed E-state index contributed by atoms with van der Waals surface area (Å²) in [5, 5.41) is 0. The first-order valence-electron chi connectivity index (χ1n) is 5.75. The molecule has 0 spiro atoms. The van der Waals surface area contributed by atoms with E-state index in [9.17, 15) is 4.55 Å². The topological polar surface area (TPSA) is 23.1 Å². The third-order valence-electron chi connectivity index (χ3n) is 2.38. The quantitative estimate of drug-likeness (QED) is 0.678. The van der Waals surface area contributed by atoms with Gasteiger partial charge >= 0.3 is 0 Å². The molecule has 15 heavy (non-hydrogen) atoms. The van der Waals surface area contributed by atoms with Crippen LogP contribution in [0.5, 0.6) is 0 Å². The van der Waals surface area contributed by atoms with Gasteiger partial charge in [-0.15, -0.1) is 0 Å². The number of benzene rings is 1. The fraction of sp³-hybridized carbons (Fsp3) is 0.538. The molecule has 0 N–H and O–H groups in total. The first-order chi connectivity index (χ1) is 7.27. The maximum atomic E-state index is 11.9. The van der Waals surface area contributed by atoms with E-state index in [1.807, 2.05) is 12.1 Å². The summed E-state index contributed by atoms with van der Waals surface area (Å²) < 4.78 is 11.9. The van der Waals surface area contributed by atoms with Crippen LogP contribution in [0.4, 0.5) is 0 Å². The molecule has 0 aromatic heterocycles. The van der Waals surface area contributed by atoms with Crippen molar-refractivity contribution in [2.45, 2.75) is 44.4 Å². The molecule has 1 unspecified atom stereocenters. The van der Waals surface area contributed by atoms with E-state index >= 15 is 0 Å². The molecule has 0 radical (unpaired) electrons. The molecule has 2 heteroatoms. The summed E-state index contributed by atoms with van der Waals surface area (Å²) in [5.41, 5.74) is 1.31. The van der Waals surface area contributed by atoms with E-state index in [2.05, 4.69) is 26.0 Å². The predicted molar refractivity (Wildman–Crippen MR) is 66.6 cm³/mol. The lowest BCUT2D eigenvalue weighted by molar-refractivity contribution is 0.591. The molecular weight excluding hydrogens is 204 g/mol. The van der Waals surface area contributed by atoms with Crippen molar-refractivity contribution in [3.8, 4) is 0 Å². The molecule has 0 amide bonds. The standard InChI is InChI=1S/C13H20OS/c1-3-5-10-15(14)13-9-6-8-12(11-13)7-4-2/h6,8-9,11H,3-5,7,10H2,1-2H3. The minimum atomic E-state index is -0.797. The van der Waals surface area contributed by atoms with Gasteiger partial charge < -0.3 is 4.55 Å². The second kappa shape index (κ2) is 6.91. The van der Waals surface area contributed by atoms with Crippen molar-refractivity contribution in [3.05, 3.63) is 29.8 Å². The van der Waals surface area contributed by atoms with Crippen molar-refractivity contribution in [1.82, 2.24) is 0 Å². The van der Waals surface area contributed by atoms with Crippen molar-refractivity contribution >= 4 is 11.2 Å². The average Bonchev–Trinajstić information content (AvgIpc) is 2.27. The van der Waals surface area contributed by atoms with Crippen molar-refractivity contribution in [2.24, 2.45) is 0 Å². The van der Waals surface area contributed by atoms with Crippen LogP contribution in [-0.4, -0.2) is 10.3 Å². The highest BCUT2D eigenvalue weighted by atomic mass is 32.2. The Bertz CT molecular complexity index is 286. The highest BCUT2D eigenvalue weighted by molar-refractivity contribution is 7.91. The fourth-order valence-corrected chi connectivity index (χ4v) is 2.82. The van der Waals surface area contributed by atoms with Crippen molar-refractivity contribution < 1.29 is 4.55 Å². The lowest BCUT2D eigenvalue weighted by atomic mass is 10.1. The zero-order chi connectivity index (χ0) is 11.1. The van der Waals surface area contributed by atoms with Crippen LogP contribution >= 0.6 is 0 Å². The highest BCUT2D eigenvalue weighted by Gasteiger charge is 2.09. The molecule has 0 saturated heterocycles. The Morgan fingerprint density at radius 3 is 2.67 bits per heavy atom. The van der Waals surface area contributed by atoms with Gasteiger partial charge in [0, 0.05) is 0 Å². The van der Waals surface area contributed by atoms with E-state index in [1.54, 1.807) is 0 Å². The Hall–Kier alpha value is -0.470. The molecule has 1 nitrogen and oxygen atoms in total. The minimum absolute atomic E-state index is 0.797. The first kappa shape index (κ1) is 12.6. The summed E-state index contributed by atoms with van der Waals surface area (Å²) in [6.45, 7) is 4.30. The molecule has 0 heterocycles. The van der Waals surface area contributed by atoms with E-state index in [0.29, 0.717) is 0 Å². The molecule has 0 fully saturated rings. The summed E-state index contributed by atoms with van der Waals surface area (Å²) in [6, 6.07) is 8.20. The Kier molecular flexibility index (Phi) is 5.81. The van der Waals surface area contributed by atoms with Gasteiger partial charge in [-0.3, -0.25) is 0 Å². The van der Waals surface area contributed by atoms with Crippen LogP contribution in [0.25, 0.3) is 0 Å². The van der Waals surface area contributed by atoms with Crippen LogP contribution in [0.1, 0.15) is 38.7 Å². The molecule has 1 rings (SSSR count). The summed E-state index contributed by atoms with van der Waals surface area (Å²) in [6.07, 6.45) is 4.38. The van der Waals surface area contributed by atoms with Crippen molar-refractivity contribution in [2.75, 3.05) is 5.75 Å². The molecule has 1 aromatic rings. The van der Waals surface area contributed by atoms with E-state index in [4.69, 9.17) is 0 Å². The Balaban J connectivity index is 2.62. The second-order valence-corrected chi connectivity index (χ2v) is 5.37.